The van der Waals surface area contributed by atoms with Crippen molar-refractivity contribution >= 4 is 31.7 Å². The second-order valence-corrected chi connectivity index (χ2v) is 1.13. The molecule has 0 heterocycles. The predicted octanol–water partition coefficient (Wildman–Crippen LogP) is 2.15. The molecular formula is C2H4Cl3Zr. The fourth-order valence-electron chi connectivity index (χ4n) is 0. The summed E-state index contributed by atoms with van der Waals surface area (Å²) < 4.78 is 0. The molecule has 0 atom stereocenters. The van der Waals surface area contributed by atoms with E-state index in [1.54, 1.807) is 0 Å². The molecule has 0 aliphatic rings. The molecule has 0 fully saturated rings. The molecule has 0 bridgehead atoms. The van der Waals surface area contributed by atoms with E-state index < -0.39 is 0 Å². The van der Waals surface area contributed by atoms with Crippen molar-refractivity contribution in [3.05, 3.63) is 0 Å². The summed E-state index contributed by atoms with van der Waals surface area (Å²) in [7, 11) is 4.73. The van der Waals surface area contributed by atoms with Gasteiger partial charge in [0.2, 0.25) is 0 Å². The molecule has 0 N–H and O–H groups in total. The molecule has 0 radical (unpaired) electrons. The quantitative estimate of drug-likeness (QED) is 0.600. The van der Waals surface area contributed by atoms with Crippen molar-refractivity contribution in [2.45, 2.75) is 0 Å². The molecule has 6 heavy (non-hydrogen) atoms. The normalized spacial score (nSPS) is 5.67. The maximum absolute atomic E-state index is 5.05. The van der Waals surface area contributed by atoms with Gasteiger partial charge in [-0.3, -0.25) is 0 Å². The van der Waals surface area contributed by atoms with Crippen LogP contribution in [0.25, 0.3) is 0 Å². The molecule has 0 nitrogen and oxygen atoms in total. The number of hydrogen-bond acceptors (Lipinski definition) is 0. The minimum atomic E-state index is 0.557. The van der Waals surface area contributed by atoms with Crippen LogP contribution in [0.5, 0.6) is 0 Å². The van der Waals surface area contributed by atoms with Crippen molar-refractivity contribution in [3.8, 4) is 0 Å². The molecule has 0 aromatic carbocycles. The van der Waals surface area contributed by atoms with Gasteiger partial charge in [-0.05, 0) is 0 Å². The summed E-state index contributed by atoms with van der Waals surface area (Å²) in [4.78, 5) is 0. The molecular weight excluding hydrogens is 222 g/mol. The third kappa shape index (κ3) is 17.1. The fraction of sp³-hybridized carbons (Fsp3) is 1.00. The Morgan fingerprint density at radius 1 is 1.00 bits per heavy atom. The number of alkyl halides is 2. The topological polar surface area (TPSA) is 0 Å². The van der Waals surface area contributed by atoms with E-state index in [2.05, 4.69) is 0 Å². The first kappa shape index (κ1) is 10.7. The van der Waals surface area contributed by atoms with Gasteiger partial charge in [-0.15, -0.1) is 23.2 Å². The summed E-state index contributed by atoms with van der Waals surface area (Å²) >= 11 is 11.1. The van der Waals surface area contributed by atoms with Gasteiger partial charge in [-0.25, -0.2) is 0 Å². The maximum atomic E-state index is 5.05. The molecule has 0 amide bonds. The van der Waals surface area contributed by atoms with Crippen LogP contribution >= 0.6 is 31.7 Å². The molecule has 0 aromatic heterocycles. The third-order valence-corrected chi connectivity index (χ3v) is 0.643. The second kappa shape index (κ2) is 15.9. The molecule has 37 valence electrons. The average molecular weight is 226 g/mol. The summed E-state index contributed by atoms with van der Waals surface area (Å²) in [5, 5.41) is 0. The Balaban J connectivity index is 0. The van der Waals surface area contributed by atoms with Crippen LogP contribution < -0.4 is 0 Å². The summed E-state index contributed by atoms with van der Waals surface area (Å²) in [6, 6.07) is 0. The van der Waals surface area contributed by atoms with Gasteiger partial charge in [-0.2, -0.15) is 0 Å². The second-order valence-electron chi connectivity index (χ2n) is 0.378. The summed E-state index contributed by atoms with van der Waals surface area (Å²) in [5.41, 5.74) is 0. The van der Waals surface area contributed by atoms with Crippen molar-refractivity contribution in [2.24, 2.45) is 0 Å². The first-order valence-corrected chi connectivity index (χ1v) is 5.46. The molecule has 0 rings (SSSR count). The fourth-order valence-corrected chi connectivity index (χ4v) is 0. The van der Waals surface area contributed by atoms with Gasteiger partial charge >= 0.3 is 32.0 Å². The Morgan fingerprint density at radius 3 is 1.17 bits per heavy atom. The molecule has 0 unspecified atom stereocenters. The SMILES string of the molecule is ClCCCl.[Cl][Zr]. The van der Waals surface area contributed by atoms with E-state index in [1.165, 1.54) is 0 Å². The first-order chi connectivity index (χ1) is 2.91. The molecule has 0 saturated heterocycles. The first-order valence-electron chi connectivity index (χ1n) is 1.22. The van der Waals surface area contributed by atoms with E-state index in [0.29, 0.717) is 11.8 Å². The zero-order valence-electron chi connectivity index (χ0n) is 3.05. The Morgan fingerprint density at radius 2 is 1.17 bits per heavy atom. The molecule has 0 spiro atoms. The van der Waals surface area contributed by atoms with Crippen LogP contribution in [0.4, 0.5) is 0 Å². The van der Waals surface area contributed by atoms with Crippen LogP contribution in [0.15, 0.2) is 0 Å². The number of halogens is 3. The predicted molar refractivity (Wildman–Crippen MR) is 27.3 cm³/mol. The van der Waals surface area contributed by atoms with Gasteiger partial charge in [-0.1, -0.05) is 0 Å². The Hall–Kier alpha value is 1.75. The van der Waals surface area contributed by atoms with Crippen molar-refractivity contribution in [1.82, 2.24) is 0 Å². The van der Waals surface area contributed by atoms with Crippen molar-refractivity contribution < 1.29 is 23.5 Å². The van der Waals surface area contributed by atoms with E-state index in [0.717, 1.165) is 23.5 Å². The van der Waals surface area contributed by atoms with Gasteiger partial charge in [0.1, 0.15) is 0 Å². The summed E-state index contributed by atoms with van der Waals surface area (Å²) in [6.45, 7) is 0. The van der Waals surface area contributed by atoms with E-state index in [-0.39, 0.29) is 0 Å². The van der Waals surface area contributed by atoms with Crippen molar-refractivity contribution in [3.63, 3.8) is 0 Å². The van der Waals surface area contributed by atoms with E-state index in [1.807, 2.05) is 0 Å². The van der Waals surface area contributed by atoms with Gasteiger partial charge < -0.3 is 0 Å². The molecule has 0 aliphatic carbocycles. The third-order valence-electron chi connectivity index (χ3n) is 0.0714. The molecule has 0 aliphatic heterocycles. The van der Waals surface area contributed by atoms with E-state index in [9.17, 15) is 0 Å². The van der Waals surface area contributed by atoms with Crippen molar-refractivity contribution in [2.75, 3.05) is 11.8 Å². The van der Waals surface area contributed by atoms with Gasteiger partial charge in [0.15, 0.2) is 0 Å². The molecule has 4 heteroatoms. The van der Waals surface area contributed by atoms with Crippen LogP contribution in [0.3, 0.4) is 0 Å². The van der Waals surface area contributed by atoms with Crippen LogP contribution in [0.1, 0.15) is 0 Å². The van der Waals surface area contributed by atoms with Gasteiger partial charge in [0.05, 0.1) is 0 Å². The van der Waals surface area contributed by atoms with E-state index in [4.69, 9.17) is 31.7 Å². The van der Waals surface area contributed by atoms with E-state index >= 15 is 0 Å². The molecule has 0 saturated carbocycles. The zero-order chi connectivity index (χ0) is 5.41. The van der Waals surface area contributed by atoms with Crippen molar-refractivity contribution in [1.29, 1.82) is 0 Å². The Labute approximate surface area is 66.5 Å². The van der Waals surface area contributed by atoms with Crippen LogP contribution in [-0.2, 0) is 23.5 Å². The standard InChI is InChI=1S/C2H4Cl2.ClH.Zr/c3-1-2-4;;/h1-2H2;1H;/q;;+1/p-1. The van der Waals surface area contributed by atoms with Crippen LogP contribution in [-0.4, -0.2) is 11.8 Å². The number of hydrogen-bond donors (Lipinski definition) is 0. The van der Waals surface area contributed by atoms with Crippen LogP contribution in [0.2, 0.25) is 0 Å². The summed E-state index contributed by atoms with van der Waals surface area (Å²) in [6.07, 6.45) is 0. The van der Waals surface area contributed by atoms with Crippen LogP contribution in [0, 0.1) is 0 Å². The van der Waals surface area contributed by atoms with Gasteiger partial charge in [0.25, 0.3) is 0 Å². The average Bonchev–Trinajstić information content (AvgIpc) is 1.72. The summed E-state index contributed by atoms with van der Waals surface area (Å²) in [5.74, 6) is 1.11. The van der Waals surface area contributed by atoms with Gasteiger partial charge in [0, 0.05) is 11.8 Å². The minimum absolute atomic E-state index is 0.557. The zero-order valence-corrected chi connectivity index (χ0v) is 7.77. The Bertz CT molecular complexity index is 10.8. The monoisotopic (exact) mass is 223 g/mol. The number of rotatable bonds is 1. The Kier molecular flexibility index (Phi) is 28.3. The molecule has 0 aromatic rings.